The first kappa shape index (κ1) is 21.6. The zero-order valence-corrected chi connectivity index (χ0v) is 19.1. The van der Waals surface area contributed by atoms with Crippen LogP contribution in [0.3, 0.4) is 0 Å². The molecule has 7 nitrogen and oxygen atoms in total. The van der Waals surface area contributed by atoms with Crippen molar-refractivity contribution in [2.75, 3.05) is 7.05 Å². The molecule has 0 aliphatic heterocycles. The lowest BCUT2D eigenvalue weighted by molar-refractivity contribution is 0.379. The summed E-state index contributed by atoms with van der Waals surface area (Å²) in [6.07, 6.45) is 3.69. The second-order valence-corrected chi connectivity index (χ2v) is 8.83. The fraction of sp³-hybridized carbons (Fsp3) is 0.320. The summed E-state index contributed by atoms with van der Waals surface area (Å²) < 4.78 is 7.99. The van der Waals surface area contributed by atoms with E-state index < -0.39 is 0 Å². The fourth-order valence-corrected chi connectivity index (χ4v) is 3.40. The molecule has 4 aromatic rings. The van der Waals surface area contributed by atoms with Crippen LogP contribution in [0.5, 0.6) is 0 Å². The maximum absolute atomic E-state index is 5.83. The van der Waals surface area contributed by atoms with Gasteiger partial charge in [-0.05, 0) is 23.3 Å². The van der Waals surface area contributed by atoms with E-state index in [-0.39, 0.29) is 5.41 Å². The van der Waals surface area contributed by atoms with Crippen molar-refractivity contribution in [3.63, 3.8) is 0 Å². The number of aromatic nitrogens is 3. The van der Waals surface area contributed by atoms with Crippen molar-refractivity contribution in [2.24, 2.45) is 4.99 Å². The number of hydrogen-bond donors (Lipinski definition) is 2. The molecule has 32 heavy (non-hydrogen) atoms. The molecule has 7 heteroatoms. The zero-order valence-electron chi connectivity index (χ0n) is 19.1. The molecule has 4 rings (SSSR count). The van der Waals surface area contributed by atoms with E-state index in [2.05, 4.69) is 81.3 Å². The van der Waals surface area contributed by atoms with Gasteiger partial charge in [-0.15, -0.1) is 0 Å². The monoisotopic (exact) mass is 430 g/mol. The number of guanidine groups is 1. The van der Waals surface area contributed by atoms with E-state index in [9.17, 15) is 0 Å². The van der Waals surface area contributed by atoms with Gasteiger partial charge in [0, 0.05) is 25.6 Å². The average molecular weight is 431 g/mol. The Bertz CT molecular complexity index is 1200. The van der Waals surface area contributed by atoms with Crippen molar-refractivity contribution < 1.29 is 4.42 Å². The fourth-order valence-electron chi connectivity index (χ4n) is 3.40. The van der Waals surface area contributed by atoms with E-state index in [1.807, 2.05) is 24.5 Å². The van der Waals surface area contributed by atoms with Gasteiger partial charge in [0.25, 0.3) is 0 Å². The number of rotatable bonds is 6. The van der Waals surface area contributed by atoms with E-state index in [0.29, 0.717) is 24.9 Å². The summed E-state index contributed by atoms with van der Waals surface area (Å²) >= 11 is 0. The number of para-hydroxylation sites is 2. The van der Waals surface area contributed by atoms with Gasteiger partial charge in [0.2, 0.25) is 5.89 Å². The third-order valence-corrected chi connectivity index (χ3v) is 5.29. The predicted molar refractivity (Wildman–Crippen MR) is 128 cm³/mol. The summed E-state index contributed by atoms with van der Waals surface area (Å²) in [6.45, 7) is 8.26. The van der Waals surface area contributed by atoms with Gasteiger partial charge in [-0.25, -0.2) is 9.97 Å². The van der Waals surface area contributed by atoms with E-state index in [1.54, 1.807) is 13.2 Å². The molecule has 0 aliphatic carbocycles. The molecule has 0 amide bonds. The minimum Gasteiger partial charge on any atom is -0.443 e. The third-order valence-electron chi connectivity index (χ3n) is 5.29. The highest BCUT2D eigenvalue weighted by atomic mass is 16.4. The molecule has 0 radical (unpaired) electrons. The topological polar surface area (TPSA) is 80.3 Å². The summed E-state index contributed by atoms with van der Waals surface area (Å²) in [5.41, 5.74) is 4.53. The summed E-state index contributed by atoms with van der Waals surface area (Å²) in [7, 11) is 1.75. The maximum atomic E-state index is 5.83. The molecular weight excluding hydrogens is 400 g/mol. The molecule has 166 valence electrons. The van der Waals surface area contributed by atoms with Crippen LogP contribution >= 0.6 is 0 Å². The Kier molecular flexibility index (Phi) is 6.25. The lowest BCUT2D eigenvalue weighted by Crippen LogP contribution is -2.36. The molecule has 0 spiro atoms. The second-order valence-electron chi connectivity index (χ2n) is 8.83. The Labute approximate surface area is 188 Å². The predicted octanol–water partition coefficient (Wildman–Crippen LogP) is 4.24. The largest absolute Gasteiger partial charge is 0.443 e. The van der Waals surface area contributed by atoms with Gasteiger partial charge >= 0.3 is 0 Å². The van der Waals surface area contributed by atoms with Crippen molar-refractivity contribution in [3.8, 4) is 0 Å². The lowest BCUT2D eigenvalue weighted by atomic mass is 9.94. The first-order valence-corrected chi connectivity index (χ1v) is 10.8. The standard InChI is InChI=1S/C25H30N6O/c1-25(2,3)22-14-27-23(32-22)15-29-24(26-4)28-13-18-9-11-19(12-10-18)16-31-17-30-20-7-5-6-8-21(20)31/h5-12,14,17H,13,15-16H2,1-4H3,(H2,26,28,29). The first-order chi connectivity index (χ1) is 15.4. The Balaban J connectivity index is 1.29. The van der Waals surface area contributed by atoms with Crippen LogP contribution in [0.1, 0.15) is 43.5 Å². The first-order valence-electron chi connectivity index (χ1n) is 10.8. The Morgan fingerprint density at radius 2 is 1.69 bits per heavy atom. The summed E-state index contributed by atoms with van der Waals surface area (Å²) in [5.74, 6) is 2.23. The molecule has 0 saturated heterocycles. The van der Waals surface area contributed by atoms with Crippen molar-refractivity contribution in [1.82, 2.24) is 25.2 Å². The highest BCUT2D eigenvalue weighted by Gasteiger charge is 2.19. The van der Waals surface area contributed by atoms with Crippen molar-refractivity contribution in [1.29, 1.82) is 0 Å². The van der Waals surface area contributed by atoms with Crippen molar-refractivity contribution >= 4 is 17.0 Å². The normalized spacial score (nSPS) is 12.3. The molecule has 2 heterocycles. The molecule has 2 aromatic carbocycles. The second kappa shape index (κ2) is 9.26. The van der Waals surface area contributed by atoms with Crippen LogP contribution in [0, 0.1) is 0 Å². The number of aliphatic imine (C=N–C) groups is 1. The Morgan fingerprint density at radius 1 is 0.969 bits per heavy atom. The molecule has 0 saturated carbocycles. The Hall–Kier alpha value is -3.61. The molecule has 0 unspecified atom stereocenters. The Morgan fingerprint density at radius 3 is 2.41 bits per heavy atom. The molecule has 0 bridgehead atoms. The van der Waals surface area contributed by atoms with E-state index in [0.717, 1.165) is 23.3 Å². The third kappa shape index (κ3) is 5.17. The molecular formula is C25H30N6O. The van der Waals surface area contributed by atoms with Crippen LogP contribution in [0.25, 0.3) is 11.0 Å². The van der Waals surface area contributed by atoms with Crippen molar-refractivity contribution in [3.05, 3.63) is 83.8 Å². The minimum absolute atomic E-state index is 0.0533. The maximum Gasteiger partial charge on any atom is 0.213 e. The summed E-state index contributed by atoms with van der Waals surface area (Å²) in [5, 5.41) is 6.59. The number of hydrogen-bond acceptors (Lipinski definition) is 4. The highest BCUT2D eigenvalue weighted by molar-refractivity contribution is 5.79. The van der Waals surface area contributed by atoms with Crippen molar-refractivity contribution in [2.45, 2.75) is 45.8 Å². The van der Waals surface area contributed by atoms with Gasteiger partial charge in [-0.2, -0.15) is 0 Å². The van der Waals surface area contributed by atoms with Gasteiger partial charge in [-0.1, -0.05) is 57.2 Å². The highest BCUT2D eigenvalue weighted by Crippen LogP contribution is 2.22. The zero-order chi connectivity index (χ0) is 22.6. The van der Waals surface area contributed by atoms with Crippen LogP contribution in [-0.4, -0.2) is 27.5 Å². The van der Waals surface area contributed by atoms with Gasteiger partial charge in [0.15, 0.2) is 5.96 Å². The van der Waals surface area contributed by atoms with E-state index in [1.165, 1.54) is 11.1 Å². The van der Waals surface area contributed by atoms with E-state index in [4.69, 9.17) is 4.42 Å². The molecule has 2 aromatic heterocycles. The number of benzene rings is 2. The molecule has 2 N–H and O–H groups in total. The van der Waals surface area contributed by atoms with Gasteiger partial charge in [0.1, 0.15) is 5.76 Å². The minimum atomic E-state index is -0.0533. The van der Waals surface area contributed by atoms with Crippen LogP contribution in [0.4, 0.5) is 0 Å². The summed E-state index contributed by atoms with van der Waals surface area (Å²) in [6, 6.07) is 16.8. The number of nitrogens with one attached hydrogen (secondary N) is 2. The quantitative estimate of drug-likeness (QED) is 0.353. The molecule has 0 atom stereocenters. The van der Waals surface area contributed by atoms with Crippen LogP contribution in [-0.2, 0) is 25.0 Å². The number of imidazole rings is 1. The number of fused-ring (bicyclic) bond motifs is 1. The van der Waals surface area contributed by atoms with Crippen LogP contribution in [0.2, 0.25) is 0 Å². The number of oxazole rings is 1. The summed E-state index contributed by atoms with van der Waals surface area (Å²) in [4.78, 5) is 13.1. The SMILES string of the molecule is CN=C(NCc1ccc(Cn2cnc3ccccc32)cc1)NCc1ncc(C(C)(C)C)o1. The van der Waals surface area contributed by atoms with Gasteiger partial charge in [0.05, 0.1) is 30.1 Å². The number of nitrogens with zero attached hydrogens (tertiary/aromatic N) is 4. The average Bonchev–Trinajstić information content (AvgIpc) is 3.43. The van der Waals surface area contributed by atoms with Crippen LogP contribution in [0.15, 0.2) is 70.5 Å². The lowest BCUT2D eigenvalue weighted by Gasteiger charge is -2.13. The van der Waals surface area contributed by atoms with Crippen LogP contribution < -0.4 is 10.6 Å². The van der Waals surface area contributed by atoms with Gasteiger partial charge < -0.3 is 19.6 Å². The van der Waals surface area contributed by atoms with Gasteiger partial charge in [-0.3, -0.25) is 4.99 Å². The molecule has 0 aliphatic rings. The smallest absolute Gasteiger partial charge is 0.213 e. The van der Waals surface area contributed by atoms with E-state index >= 15 is 0 Å². The molecule has 0 fully saturated rings.